The van der Waals surface area contributed by atoms with Gasteiger partial charge >= 0.3 is 6.09 Å². The maximum Gasteiger partial charge on any atom is 0.421 e. The lowest BCUT2D eigenvalue weighted by atomic mass is 9.78. The maximum absolute atomic E-state index is 14.0. The quantitative estimate of drug-likeness (QED) is 0.665. The molecule has 1 atom stereocenters. The Bertz CT molecular complexity index is 1010. The van der Waals surface area contributed by atoms with Crippen molar-refractivity contribution in [2.24, 2.45) is 0 Å². The summed E-state index contributed by atoms with van der Waals surface area (Å²) < 4.78 is 19.4. The van der Waals surface area contributed by atoms with Crippen LogP contribution in [-0.2, 0) is 21.4 Å². The van der Waals surface area contributed by atoms with Crippen LogP contribution < -0.4 is 4.90 Å². The van der Waals surface area contributed by atoms with E-state index in [9.17, 15) is 18.8 Å². The number of ether oxygens (including phenoxy) is 1. The summed E-state index contributed by atoms with van der Waals surface area (Å²) in [5.74, 6) is -1.68. The van der Waals surface area contributed by atoms with Gasteiger partial charge in [0.1, 0.15) is 16.8 Å². The van der Waals surface area contributed by atoms with E-state index < -0.39 is 34.6 Å². The monoisotopic (exact) mass is 367 g/mol. The zero-order chi connectivity index (χ0) is 19.6. The second-order valence-electron chi connectivity index (χ2n) is 7.85. The second-order valence-corrected chi connectivity index (χ2v) is 7.85. The van der Waals surface area contributed by atoms with Crippen LogP contribution in [0.3, 0.4) is 0 Å². The van der Waals surface area contributed by atoms with Crippen LogP contribution in [0.5, 0.6) is 0 Å². The van der Waals surface area contributed by atoms with E-state index >= 15 is 0 Å². The molecule has 2 amide bonds. The zero-order valence-corrected chi connectivity index (χ0v) is 15.2. The van der Waals surface area contributed by atoms with Crippen LogP contribution in [-0.4, -0.2) is 23.4 Å². The summed E-state index contributed by atoms with van der Waals surface area (Å²) in [7, 11) is 0. The molecule has 0 unspecified atom stereocenters. The highest BCUT2D eigenvalue weighted by Gasteiger charge is 2.61. The third-order valence-electron chi connectivity index (χ3n) is 4.91. The number of rotatable bonds is 0. The lowest BCUT2D eigenvalue weighted by Gasteiger charge is -2.25. The van der Waals surface area contributed by atoms with Crippen LogP contribution in [0.25, 0.3) is 0 Å². The number of amides is 2. The highest BCUT2D eigenvalue weighted by molar-refractivity contribution is 6.33. The molecule has 0 fully saturated rings. The van der Waals surface area contributed by atoms with Crippen molar-refractivity contribution in [3.8, 4) is 0 Å². The molecule has 2 aromatic carbocycles. The van der Waals surface area contributed by atoms with Crippen molar-refractivity contribution in [3.63, 3.8) is 0 Å². The molecule has 1 aliphatic carbocycles. The largest absolute Gasteiger partial charge is 0.443 e. The van der Waals surface area contributed by atoms with Crippen molar-refractivity contribution in [1.29, 1.82) is 0 Å². The first-order valence-corrected chi connectivity index (χ1v) is 8.65. The van der Waals surface area contributed by atoms with Gasteiger partial charge in [0, 0.05) is 11.1 Å². The van der Waals surface area contributed by atoms with Gasteiger partial charge in [-0.25, -0.2) is 14.1 Å². The Balaban J connectivity index is 1.89. The number of fused-ring (bicyclic) bond motifs is 3. The van der Waals surface area contributed by atoms with Gasteiger partial charge in [-0.1, -0.05) is 24.3 Å². The van der Waals surface area contributed by atoms with Crippen molar-refractivity contribution >= 4 is 23.5 Å². The summed E-state index contributed by atoms with van der Waals surface area (Å²) in [6, 6.07) is 10.6. The molecule has 0 saturated carbocycles. The standard InChI is InChI=1S/C21H18FNO4/c1-20(2,3)27-19(26)23-16-9-8-13(22)10-15(16)21(18(23)25)11-12-6-4-5-7-14(12)17(21)24/h4-10H,11H2,1-3H3/t21-/m1/s1. The van der Waals surface area contributed by atoms with Gasteiger partial charge in [0.05, 0.1) is 5.69 Å². The minimum absolute atomic E-state index is 0.0938. The van der Waals surface area contributed by atoms with Crippen LogP contribution in [0.1, 0.15) is 42.3 Å². The summed E-state index contributed by atoms with van der Waals surface area (Å²) in [5, 5.41) is 0. The number of ketones is 1. The van der Waals surface area contributed by atoms with Crippen molar-refractivity contribution < 1.29 is 23.5 Å². The lowest BCUT2D eigenvalue weighted by molar-refractivity contribution is -0.121. The Morgan fingerprint density at radius 1 is 1.15 bits per heavy atom. The van der Waals surface area contributed by atoms with Crippen LogP contribution in [0.4, 0.5) is 14.9 Å². The van der Waals surface area contributed by atoms with Gasteiger partial charge in [0.2, 0.25) is 0 Å². The van der Waals surface area contributed by atoms with Crippen molar-refractivity contribution in [2.75, 3.05) is 4.90 Å². The number of carbonyl (C=O) groups is 3. The number of imide groups is 1. The van der Waals surface area contributed by atoms with Gasteiger partial charge in [-0.2, -0.15) is 0 Å². The van der Waals surface area contributed by atoms with Gasteiger partial charge in [0.25, 0.3) is 5.91 Å². The predicted molar refractivity (Wildman–Crippen MR) is 96.3 cm³/mol. The van der Waals surface area contributed by atoms with Gasteiger partial charge < -0.3 is 4.74 Å². The van der Waals surface area contributed by atoms with Crippen molar-refractivity contribution in [3.05, 3.63) is 65.0 Å². The second kappa shape index (κ2) is 5.49. The third kappa shape index (κ3) is 2.40. The SMILES string of the molecule is CC(C)(C)OC(=O)N1C(=O)[C@]2(Cc3ccccc3C2=O)c2cc(F)ccc21. The van der Waals surface area contributed by atoms with Crippen LogP contribution >= 0.6 is 0 Å². The Morgan fingerprint density at radius 3 is 2.52 bits per heavy atom. The number of halogens is 1. The normalized spacial score (nSPS) is 20.8. The molecule has 6 heteroatoms. The van der Waals surface area contributed by atoms with Gasteiger partial charge in [0.15, 0.2) is 5.78 Å². The Labute approximate surface area is 155 Å². The minimum Gasteiger partial charge on any atom is -0.443 e. The smallest absolute Gasteiger partial charge is 0.421 e. The van der Waals surface area contributed by atoms with Gasteiger partial charge in [-0.05, 0) is 51.0 Å². The molecular formula is C21H18FNO4. The van der Waals surface area contributed by atoms with Crippen LogP contribution in [0.15, 0.2) is 42.5 Å². The number of hydrogen-bond donors (Lipinski definition) is 0. The number of benzene rings is 2. The van der Waals surface area contributed by atoms with E-state index in [1.54, 1.807) is 45.0 Å². The molecule has 1 heterocycles. The van der Waals surface area contributed by atoms with Crippen LogP contribution in [0, 0.1) is 5.82 Å². The molecule has 0 bridgehead atoms. The summed E-state index contributed by atoms with van der Waals surface area (Å²) in [6.07, 6.45) is -0.780. The fourth-order valence-corrected chi connectivity index (χ4v) is 3.83. The molecule has 4 rings (SSSR count). The topological polar surface area (TPSA) is 63.7 Å². The average Bonchev–Trinajstić information content (AvgIpc) is 3.01. The fraction of sp³-hybridized carbons (Fsp3) is 0.286. The van der Waals surface area contributed by atoms with E-state index in [0.29, 0.717) is 11.1 Å². The van der Waals surface area contributed by atoms with Crippen molar-refractivity contribution in [2.45, 2.75) is 38.2 Å². The number of carbonyl (C=O) groups excluding carboxylic acids is 3. The van der Waals surface area contributed by atoms with Gasteiger partial charge in [-0.15, -0.1) is 0 Å². The summed E-state index contributed by atoms with van der Waals surface area (Å²) in [4.78, 5) is 40.2. The molecule has 1 spiro atoms. The van der Waals surface area contributed by atoms with E-state index in [1.165, 1.54) is 12.1 Å². The van der Waals surface area contributed by atoms with E-state index in [4.69, 9.17) is 4.74 Å². The molecular weight excluding hydrogens is 349 g/mol. The molecule has 0 radical (unpaired) electrons. The van der Waals surface area contributed by atoms with Crippen molar-refractivity contribution in [1.82, 2.24) is 0 Å². The molecule has 138 valence electrons. The molecule has 0 aromatic heterocycles. The van der Waals surface area contributed by atoms with Crippen LogP contribution in [0.2, 0.25) is 0 Å². The number of anilines is 1. The fourth-order valence-electron chi connectivity index (χ4n) is 3.83. The minimum atomic E-state index is -1.63. The Kier molecular flexibility index (Phi) is 3.54. The predicted octanol–water partition coefficient (Wildman–Crippen LogP) is 3.78. The summed E-state index contributed by atoms with van der Waals surface area (Å²) in [5.41, 5.74) is -0.922. The molecule has 1 aliphatic heterocycles. The zero-order valence-electron chi connectivity index (χ0n) is 15.2. The van der Waals surface area contributed by atoms with E-state index in [1.807, 2.05) is 0 Å². The Hall–Kier alpha value is -3.02. The molecule has 2 aromatic rings. The summed E-state index contributed by atoms with van der Waals surface area (Å²) >= 11 is 0. The first-order chi connectivity index (χ1) is 12.6. The van der Waals surface area contributed by atoms with E-state index in [2.05, 4.69) is 0 Å². The number of hydrogen-bond acceptors (Lipinski definition) is 4. The molecule has 0 saturated heterocycles. The summed E-state index contributed by atoms with van der Waals surface area (Å²) in [6.45, 7) is 5.05. The van der Waals surface area contributed by atoms with E-state index in [-0.39, 0.29) is 17.7 Å². The number of Topliss-reactive ketones (excluding diaryl/α,β-unsaturated/α-hetero) is 1. The highest BCUT2D eigenvalue weighted by atomic mass is 19.1. The maximum atomic E-state index is 14.0. The Morgan fingerprint density at radius 2 is 1.85 bits per heavy atom. The first kappa shape index (κ1) is 17.4. The molecule has 5 nitrogen and oxygen atoms in total. The molecule has 27 heavy (non-hydrogen) atoms. The first-order valence-electron chi connectivity index (χ1n) is 8.65. The van der Waals surface area contributed by atoms with Gasteiger partial charge in [-0.3, -0.25) is 9.59 Å². The highest BCUT2D eigenvalue weighted by Crippen LogP contribution is 2.50. The average molecular weight is 367 g/mol. The van der Waals surface area contributed by atoms with E-state index in [0.717, 1.165) is 11.0 Å². The third-order valence-corrected chi connectivity index (χ3v) is 4.91. The lowest BCUT2D eigenvalue weighted by Crippen LogP contribution is -2.48. The number of nitrogens with zero attached hydrogens (tertiary/aromatic N) is 1. The molecule has 0 N–H and O–H groups in total. The molecule has 2 aliphatic rings.